The van der Waals surface area contributed by atoms with Crippen molar-refractivity contribution in [3.05, 3.63) is 177 Å². The fourth-order valence-electron chi connectivity index (χ4n) is 7.51. The molecule has 0 bridgehead atoms. The van der Waals surface area contributed by atoms with Gasteiger partial charge >= 0.3 is 0 Å². The molecule has 0 aliphatic rings. The summed E-state index contributed by atoms with van der Waals surface area (Å²) in [6, 6.07) is 35.9. The van der Waals surface area contributed by atoms with E-state index in [1.807, 2.05) is 73.5 Å². The predicted molar refractivity (Wildman–Crippen MR) is 250 cm³/mol. The van der Waals surface area contributed by atoms with Crippen molar-refractivity contribution in [2.24, 2.45) is 11.5 Å². The molecule has 0 fully saturated rings. The first kappa shape index (κ1) is 45.0. The number of nitrogens with zero attached hydrogens (tertiary/aromatic N) is 8. The summed E-state index contributed by atoms with van der Waals surface area (Å²) >= 11 is 0. The van der Waals surface area contributed by atoms with Crippen LogP contribution in [-0.4, -0.2) is 53.2 Å². The van der Waals surface area contributed by atoms with Gasteiger partial charge in [0, 0.05) is 10.8 Å². The van der Waals surface area contributed by atoms with Crippen molar-refractivity contribution in [3.63, 3.8) is 0 Å². The minimum absolute atomic E-state index is 0.0304. The molecule has 0 aliphatic carbocycles. The molecule has 16 heteroatoms. The predicted octanol–water partition coefficient (Wildman–Crippen LogP) is 7.15. The van der Waals surface area contributed by atoms with Crippen LogP contribution in [0.25, 0.3) is 21.8 Å². The van der Waals surface area contributed by atoms with E-state index in [9.17, 15) is 19.2 Å². The number of nitrogens with one attached hydrogen (secondary N) is 2. The van der Waals surface area contributed by atoms with Crippen molar-refractivity contribution >= 4 is 56.8 Å². The van der Waals surface area contributed by atoms with E-state index in [0.29, 0.717) is 87.1 Å². The van der Waals surface area contributed by atoms with Crippen LogP contribution in [0, 0.1) is 36.5 Å². The third kappa shape index (κ3) is 9.63. The number of aryl methyl sites for hydroxylation is 2. The van der Waals surface area contributed by atoms with Crippen molar-refractivity contribution in [2.75, 3.05) is 10.6 Å². The number of anilines is 2. The summed E-state index contributed by atoms with van der Waals surface area (Å²) in [6.45, 7) is 8.71. The third-order valence-corrected chi connectivity index (χ3v) is 10.9. The minimum atomic E-state index is -0.699. The number of pyridine rings is 2. The zero-order chi connectivity index (χ0) is 47.1. The van der Waals surface area contributed by atoms with Gasteiger partial charge in [-0.05, 0) is 86.3 Å². The van der Waals surface area contributed by atoms with E-state index < -0.39 is 11.8 Å². The van der Waals surface area contributed by atoms with E-state index in [0.717, 1.165) is 28.2 Å². The van der Waals surface area contributed by atoms with Crippen LogP contribution >= 0.6 is 0 Å². The van der Waals surface area contributed by atoms with E-state index >= 15 is 0 Å². The highest BCUT2D eigenvalue weighted by Gasteiger charge is 2.22. The number of carbonyl (C=O) groups excluding carboxylic acids is 4. The minimum Gasteiger partial charge on any atom is -0.364 e. The molecule has 6 N–H and O–H groups in total. The molecule has 4 aromatic carbocycles. The second kappa shape index (κ2) is 19.6. The Morgan fingerprint density at radius 1 is 0.606 bits per heavy atom. The summed E-state index contributed by atoms with van der Waals surface area (Å²) in [5.74, 6) is -2.13. The summed E-state index contributed by atoms with van der Waals surface area (Å²) in [4.78, 5) is 58.6. The van der Waals surface area contributed by atoms with E-state index in [2.05, 4.69) is 42.9 Å². The highest BCUT2D eigenvalue weighted by atomic mass is 16.2. The number of primary amides is 2. The molecule has 328 valence electrons. The van der Waals surface area contributed by atoms with Gasteiger partial charge in [-0.2, -0.15) is 20.7 Å². The van der Waals surface area contributed by atoms with Crippen LogP contribution in [0.5, 0.6) is 0 Å². The third-order valence-electron chi connectivity index (χ3n) is 10.9. The largest absolute Gasteiger partial charge is 0.364 e. The summed E-state index contributed by atoms with van der Waals surface area (Å²) in [5.41, 5.74) is 20.1. The molecule has 0 atom stereocenters. The van der Waals surface area contributed by atoms with Crippen LogP contribution in [0.15, 0.2) is 109 Å². The average Bonchev–Trinajstić information content (AvgIpc) is 3.79. The molecule has 4 amide bonds. The number of benzene rings is 4. The van der Waals surface area contributed by atoms with Gasteiger partial charge in [-0.1, -0.05) is 74.5 Å². The van der Waals surface area contributed by atoms with Gasteiger partial charge in [-0.25, -0.2) is 9.97 Å². The zero-order valence-corrected chi connectivity index (χ0v) is 36.6. The summed E-state index contributed by atoms with van der Waals surface area (Å²) in [7, 11) is 0. The normalized spacial score (nSPS) is 10.7. The van der Waals surface area contributed by atoms with Crippen LogP contribution in [0.2, 0.25) is 0 Å². The topological polar surface area (TPSA) is 253 Å². The van der Waals surface area contributed by atoms with Crippen LogP contribution in [0.4, 0.5) is 11.4 Å². The number of carbonyl (C=O) groups is 4. The van der Waals surface area contributed by atoms with Gasteiger partial charge in [0.2, 0.25) is 0 Å². The Balaban J connectivity index is 0.000000196. The number of fused-ring (bicyclic) bond motifs is 2. The molecule has 0 unspecified atom stereocenters. The quantitative estimate of drug-likeness (QED) is 0.0964. The van der Waals surface area contributed by atoms with Crippen molar-refractivity contribution in [1.82, 2.24) is 29.5 Å². The number of nitriles is 2. The lowest BCUT2D eigenvalue weighted by molar-refractivity contribution is 0.0986. The summed E-state index contributed by atoms with van der Waals surface area (Å²) < 4.78 is 3.68. The van der Waals surface area contributed by atoms with Gasteiger partial charge in [0.25, 0.3) is 23.6 Å². The van der Waals surface area contributed by atoms with Crippen molar-refractivity contribution in [3.8, 4) is 12.1 Å². The lowest BCUT2D eigenvalue weighted by Crippen LogP contribution is -2.18. The second-order valence-electron chi connectivity index (χ2n) is 15.2. The van der Waals surface area contributed by atoms with Crippen LogP contribution in [0.3, 0.4) is 0 Å². The highest BCUT2D eigenvalue weighted by Crippen LogP contribution is 2.27. The first-order chi connectivity index (χ1) is 31.8. The van der Waals surface area contributed by atoms with E-state index in [4.69, 9.17) is 22.0 Å². The molecule has 0 aliphatic heterocycles. The number of amides is 4. The maximum atomic E-state index is 13.3. The summed E-state index contributed by atoms with van der Waals surface area (Å²) in [5, 5.41) is 34.5. The van der Waals surface area contributed by atoms with Gasteiger partial charge in [0.1, 0.15) is 11.4 Å². The second-order valence-corrected chi connectivity index (χ2v) is 15.2. The Bertz CT molecular complexity index is 3160. The molecule has 0 spiro atoms. The smallest absolute Gasteiger partial charge is 0.267 e. The Labute approximate surface area is 379 Å². The molecule has 8 rings (SSSR count). The summed E-state index contributed by atoms with van der Waals surface area (Å²) in [6.07, 6.45) is 1.27. The molecule has 0 radical (unpaired) electrons. The number of para-hydroxylation sites is 2. The molecule has 8 aromatic rings. The van der Waals surface area contributed by atoms with E-state index in [1.54, 1.807) is 60.7 Å². The maximum absolute atomic E-state index is 13.3. The zero-order valence-electron chi connectivity index (χ0n) is 36.6. The number of hydrogen-bond acceptors (Lipinski definition) is 10. The lowest BCUT2D eigenvalue weighted by atomic mass is 10.1. The molecule has 16 nitrogen and oxygen atoms in total. The van der Waals surface area contributed by atoms with E-state index in [-0.39, 0.29) is 23.2 Å². The van der Waals surface area contributed by atoms with Crippen LogP contribution in [-0.2, 0) is 25.9 Å². The van der Waals surface area contributed by atoms with Gasteiger partial charge in [0.05, 0.1) is 92.7 Å². The van der Waals surface area contributed by atoms with Gasteiger partial charge in [0.15, 0.2) is 0 Å². The SMILES string of the molecule is CCc1c(NC(=O)c2cc(C(N)=O)nc3ccccc23)c(C)nn1Cc1ccc(C#N)cc1.CCc1nn(Cc2ccc(C#N)cc2)c(C)c1NC(=O)c1cc(C(N)=O)nc2ccccc12. The number of nitrogens with two attached hydrogens (primary N) is 2. The Hall–Kier alpha value is -9.02. The van der Waals surface area contributed by atoms with Gasteiger partial charge < -0.3 is 22.1 Å². The van der Waals surface area contributed by atoms with E-state index in [1.165, 1.54) is 12.1 Å². The van der Waals surface area contributed by atoms with Crippen molar-refractivity contribution in [2.45, 2.75) is 53.6 Å². The molecule has 4 heterocycles. The van der Waals surface area contributed by atoms with Gasteiger partial charge in [-0.3, -0.25) is 28.5 Å². The first-order valence-electron chi connectivity index (χ1n) is 20.9. The standard InChI is InChI=1S/2C25H22N6O2/c1-3-22-23(15(2)30-31(22)14-17-10-8-16(13-26)9-11-17)29-25(33)19-12-21(24(27)32)28-20-7-5-4-6-18(19)20;1-3-20-23(15(2)31(30-20)14-17-10-8-16(13-26)9-11-17)29-25(33)19-12-22(24(27)32)28-21-7-5-4-6-18(19)21/h2*4-12H,3,14H2,1-2H3,(H2,27,32)(H,29,33). The number of rotatable bonds is 12. The molecular weight excluding hydrogens is 833 g/mol. The van der Waals surface area contributed by atoms with Crippen LogP contribution < -0.4 is 22.1 Å². The molecule has 0 saturated heterocycles. The van der Waals surface area contributed by atoms with Gasteiger partial charge in [-0.15, -0.1) is 0 Å². The fraction of sp³-hybridized carbons (Fsp3) is 0.160. The van der Waals surface area contributed by atoms with Crippen molar-refractivity contribution < 1.29 is 19.2 Å². The Kier molecular flexibility index (Phi) is 13.4. The first-order valence-corrected chi connectivity index (χ1v) is 20.9. The van der Waals surface area contributed by atoms with Crippen LogP contribution in [0.1, 0.15) is 101 Å². The van der Waals surface area contributed by atoms with Crippen molar-refractivity contribution in [1.29, 1.82) is 10.5 Å². The monoisotopic (exact) mass is 876 g/mol. The molecular formula is C50H44N12O4. The number of hydrogen-bond donors (Lipinski definition) is 4. The lowest BCUT2D eigenvalue weighted by Gasteiger charge is -2.11. The molecule has 0 saturated carbocycles. The Morgan fingerprint density at radius 2 is 1.06 bits per heavy atom. The Morgan fingerprint density at radius 3 is 1.50 bits per heavy atom. The number of aromatic nitrogens is 6. The fourth-order valence-corrected chi connectivity index (χ4v) is 7.51. The highest BCUT2D eigenvalue weighted by molar-refractivity contribution is 6.15. The molecule has 4 aromatic heterocycles. The average molecular weight is 877 g/mol. The molecule has 66 heavy (non-hydrogen) atoms. The maximum Gasteiger partial charge on any atom is 0.267 e.